The summed E-state index contributed by atoms with van der Waals surface area (Å²) in [6.07, 6.45) is 3.52. The third-order valence-electron chi connectivity index (χ3n) is 4.08. The number of aromatic nitrogens is 2. The molecular formula is C16H15ClN4O2. The standard InChI is InChI=1S/C16H15ClN4O2/c17-13-11-3-1-2-4-12(11)23-14(13)15(22)20-7-9-21(10-8-20)16-18-5-6-19-16/h1-6H,7-10H2,(H,18,19). The molecule has 1 aromatic carbocycles. The Kier molecular flexibility index (Phi) is 3.46. The third kappa shape index (κ3) is 2.45. The minimum absolute atomic E-state index is 0.162. The van der Waals surface area contributed by atoms with Gasteiger partial charge in [0.1, 0.15) is 5.58 Å². The Labute approximate surface area is 137 Å². The van der Waals surface area contributed by atoms with Crippen LogP contribution >= 0.6 is 11.6 Å². The van der Waals surface area contributed by atoms with E-state index >= 15 is 0 Å². The number of fused-ring (bicyclic) bond motifs is 1. The van der Waals surface area contributed by atoms with E-state index in [0.29, 0.717) is 23.7 Å². The van der Waals surface area contributed by atoms with Gasteiger partial charge in [-0.3, -0.25) is 4.79 Å². The van der Waals surface area contributed by atoms with E-state index < -0.39 is 0 Å². The Balaban J connectivity index is 1.52. The number of aromatic amines is 1. The first kappa shape index (κ1) is 14.1. The molecule has 0 unspecified atom stereocenters. The number of rotatable bonds is 2. The molecule has 1 aliphatic heterocycles. The van der Waals surface area contributed by atoms with Crippen LogP contribution in [0.4, 0.5) is 5.95 Å². The van der Waals surface area contributed by atoms with Gasteiger partial charge in [0.05, 0.1) is 5.02 Å². The zero-order valence-electron chi connectivity index (χ0n) is 12.3. The summed E-state index contributed by atoms with van der Waals surface area (Å²) in [7, 11) is 0. The van der Waals surface area contributed by atoms with Crippen molar-refractivity contribution < 1.29 is 9.21 Å². The van der Waals surface area contributed by atoms with E-state index in [1.807, 2.05) is 24.3 Å². The maximum atomic E-state index is 12.7. The molecule has 2 aromatic heterocycles. The van der Waals surface area contributed by atoms with Crippen molar-refractivity contribution in [2.75, 3.05) is 31.1 Å². The lowest BCUT2D eigenvalue weighted by Gasteiger charge is -2.34. The first-order valence-corrected chi connectivity index (χ1v) is 7.82. The topological polar surface area (TPSA) is 65.4 Å². The number of furan rings is 1. The number of halogens is 1. The van der Waals surface area contributed by atoms with Gasteiger partial charge in [-0.05, 0) is 12.1 Å². The number of amides is 1. The molecule has 1 N–H and O–H groups in total. The van der Waals surface area contributed by atoms with Crippen LogP contribution in [-0.4, -0.2) is 47.0 Å². The SMILES string of the molecule is O=C(c1oc2ccccc2c1Cl)N1CCN(c2ncc[nH]2)CC1. The molecule has 0 radical (unpaired) electrons. The minimum atomic E-state index is -0.162. The summed E-state index contributed by atoms with van der Waals surface area (Å²) in [4.78, 5) is 23.9. The van der Waals surface area contributed by atoms with Gasteiger partial charge < -0.3 is 19.2 Å². The average molecular weight is 331 g/mol. The van der Waals surface area contributed by atoms with E-state index in [4.69, 9.17) is 16.0 Å². The van der Waals surface area contributed by atoms with Gasteiger partial charge in [-0.1, -0.05) is 23.7 Å². The number of piperazine rings is 1. The minimum Gasteiger partial charge on any atom is -0.449 e. The van der Waals surface area contributed by atoms with Crippen molar-refractivity contribution in [2.24, 2.45) is 0 Å². The summed E-state index contributed by atoms with van der Waals surface area (Å²) in [6.45, 7) is 2.65. The zero-order valence-corrected chi connectivity index (χ0v) is 13.1. The number of nitrogens with one attached hydrogen (secondary N) is 1. The predicted molar refractivity (Wildman–Crippen MR) is 87.9 cm³/mol. The van der Waals surface area contributed by atoms with Gasteiger partial charge in [0.2, 0.25) is 11.7 Å². The van der Waals surface area contributed by atoms with E-state index in [1.54, 1.807) is 17.3 Å². The number of hydrogen-bond donors (Lipinski definition) is 1. The van der Waals surface area contributed by atoms with Gasteiger partial charge in [-0.2, -0.15) is 0 Å². The molecular weight excluding hydrogens is 316 g/mol. The Morgan fingerprint density at radius 1 is 1.22 bits per heavy atom. The maximum Gasteiger partial charge on any atom is 0.291 e. The van der Waals surface area contributed by atoms with Crippen molar-refractivity contribution in [3.8, 4) is 0 Å². The molecule has 6 nitrogen and oxygen atoms in total. The number of imidazole rings is 1. The highest BCUT2D eigenvalue weighted by Gasteiger charge is 2.27. The summed E-state index contributed by atoms with van der Waals surface area (Å²) in [5, 5.41) is 1.16. The molecule has 118 valence electrons. The van der Waals surface area contributed by atoms with Crippen LogP contribution in [0.5, 0.6) is 0 Å². The Morgan fingerprint density at radius 2 is 2.00 bits per heavy atom. The molecule has 0 spiro atoms. The highest BCUT2D eigenvalue weighted by molar-refractivity contribution is 6.38. The largest absolute Gasteiger partial charge is 0.449 e. The normalized spacial score (nSPS) is 15.3. The molecule has 0 bridgehead atoms. The fourth-order valence-electron chi connectivity index (χ4n) is 2.85. The second-order valence-electron chi connectivity index (χ2n) is 5.43. The van der Waals surface area contributed by atoms with Crippen LogP contribution < -0.4 is 4.90 Å². The summed E-state index contributed by atoms with van der Waals surface area (Å²) >= 11 is 6.31. The summed E-state index contributed by atoms with van der Waals surface area (Å²) in [6, 6.07) is 7.40. The van der Waals surface area contributed by atoms with E-state index in [-0.39, 0.29) is 11.7 Å². The number of anilines is 1. The van der Waals surface area contributed by atoms with E-state index in [9.17, 15) is 4.79 Å². The van der Waals surface area contributed by atoms with Crippen LogP contribution in [0.25, 0.3) is 11.0 Å². The Bertz CT molecular complexity index is 835. The Morgan fingerprint density at radius 3 is 2.70 bits per heavy atom. The number of carbonyl (C=O) groups is 1. The van der Waals surface area contributed by atoms with Crippen LogP contribution in [-0.2, 0) is 0 Å². The molecule has 3 aromatic rings. The van der Waals surface area contributed by atoms with Gasteiger partial charge in [0.25, 0.3) is 5.91 Å². The lowest BCUT2D eigenvalue weighted by atomic mass is 10.2. The van der Waals surface area contributed by atoms with Gasteiger partial charge in [-0.15, -0.1) is 0 Å². The second-order valence-corrected chi connectivity index (χ2v) is 5.81. The number of carbonyl (C=O) groups excluding carboxylic acids is 1. The third-order valence-corrected chi connectivity index (χ3v) is 4.45. The lowest BCUT2D eigenvalue weighted by molar-refractivity contribution is 0.0717. The van der Waals surface area contributed by atoms with Crippen molar-refractivity contribution in [3.63, 3.8) is 0 Å². The number of benzene rings is 1. The number of para-hydroxylation sites is 1. The summed E-state index contributed by atoms with van der Waals surface area (Å²) in [5.41, 5.74) is 0.634. The van der Waals surface area contributed by atoms with E-state index in [0.717, 1.165) is 24.4 Å². The van der Waals surface area contributed by atoms with Gasteiger partial charge in [0.15, 0.2) is 0 Å². The molecule has 3 heterocycles. The Hall–Kier alpha value is -2.47. The van der Waals surface area contributed by atoms with Crippen LogP contribution in [0, 0.1) is 0 Å². The van der Waals surface area contributed by atoms with Crippen molar-refractivity contribution in [1.29, 1.82) is 0 Å². The molecule has 1 fully saturated rings. The van der Waals surface area contributed by atoms with Crippen LogP contribution in [0.3, 0.4) is 0 Å². The fourth-order valence-corrected chi connectivity index (χ4v) is 3.12. The van der Waals surface area contributed by atoms with Gasteiger partial charge in [0, 0.05) is 44.0 Å². The second kappa shape index (κ2) is 5.62. The first-order chi connectivity index (χ1) is 11.2. The number of hydrogen-bond acceptors (Lipinski definition) is 4. The smallest absolute Gasteiger partial charge is 0.291 e. The zero-order chi connectivity index (χ0) is 15.8. The lowest BCUT2D eigenvalue weighted by Crippen LogP contribution is -2.49. The monoisotopic (exact) mass is 330 g/mol. The van der Waals surface area contributed by atoms with Crippen LogP contribution in [0.2, 0.25) is 5.02 Å². The van der Waals surface area contributed by atoms with E-state index in [1.165, 1.54) is 0 Å². The molecule has 0 saturated carbocycles. The molecule has 1 amide bonds. The summed E-state index contributed by atoms with van der Waals surface area (Å²) < 4.78 is 5.66. The van der Waals surface area contributed by atoms with Crippen molar-refractivity contribution >= 4 is 34.4 Å². The number of nitrogens with zero attached hydrogens (tertiary/aromatic N) is 3. The van der Waals surface area contributed by atoms with E-state index in [2.05, 4.69) is 14.9 Å². The number of H-pyrrole nitrogens is 1. The first-order valence-electron chi connectivity index (χ1n) is 7.44. The van der Waals surface area contributed by atoms with Crippen molar-refractivity contribution in [2.45, 2.75) is 0 Å². The fraction of sp³-hybridized carbons (Fsp3) is 0.250. The molecule has 23 heavy (non-hydrogen) atoms. The quantitative estimate of drug-likeness (QED) is 0.784. The molecule has 4 rings (SSSR count). The maximum absolute atomic E-state index is 12.7. The predicted octanol–water partition coefficient (Wildman–Crippen LogP) is 2.77. The van der Waals surface area contributed by atoms with Crippen LogP contribution in [0.15, 0.2) is 41.1 Å². The molecule has 0 aliphatic carbocycles. The molecule has 1 saturated heterocycles. The van der Waals surface area contributed by atoms with Crippen molar-refractivity contribution in [3.05, 3.63) is 47.4 Å². The average Bonchev–Trinajstić information content (AvgIpc) is 3.23. The van der Waals surface area contributed by atoms with Gasteiger partial charge in [-0.25, -0.2) is 4.98 Å². The summed E-state index contributed by atoms with van der Waals surface area (Å²) in [5.74, 6) is 0.892. The van der Waals surface area contributed by atoms with Crippen molar-refractivity contribution in [1.82, 2.24) is 14.9 Å². The van der Waals surface area contributed by atoms with Gasteiger partial charge >= 0.3 is 0 Å². The highest BCUT2D eigenvalue weighted by Crippen LogP contribution is 2.31. The molecule has 0 atom stereocenters. The highest BCUT2D eigenvalue weighted by atomic mass is 35.5. The molecule has 1 aliphatic rings. The molecule has 7 heteroatoms. The van der Waals surface area contributed by atoms with Crippen LogP contribution in [0.1, 0.15) is 10.6 Å².